The number of rotatable bonds is 31. The first-order valence-electron chi connectivity index (χ1n) is 17.4. The molecule has 0 aliphatic carbocycles. The van der Waals surface area contributed by atoms with Crippen LogP contribution in [0.15, 0.2) is 0 Å². The number of unbranched alkanes of at least 4 members (excludes halogenated alkanes) is 22. The lowest BCUT2D eigenvalue weighted by atomic mass is 10.0. The topological polar surface area (TPSA) is 52.6 Å². The summed E-state index contributed by atoms with van der Waals surface area (Å²) in [4.78, 5) is 23.9. The van der Waals surface area contributed by atoms with Crippen molar-refractivity contribution in [1.82, 2.24) is 0 Å². The van der Waals surface area contributed by atoms with Crippen molar-refractivity contribution in [2.45, 2.75) is 207 Å². The van der Waals surface area contributed by atoms with Gasteiger partial charge in [0.2, 0.25) is 0 Å². The minimum Gasteiger partial charge on any atom is -0.466 e. The number of ether oxygens (including phenoxy) is 2. The SMILES string of the molecule is CCCCCCCCCCCCCCCOC(=O)CCCCCCCCC(=O)OC(C)CCCCCCCC. The van der Waals surface area contributed by atoms with Gasteiger partial charge in [-0.2, -0.15) is 0 Å². The van der Waals surface area contributed by atoms with Gasteiger partial charge in [0.05, 0.1) is 12.7 Å². The Labute approximate surface area is 244 Å². The molecular weight excluding hydrogens is 484 g/mol. The maximum absolute atomic E-state index is 12.0. The quantitative estimate of drug-likeness (QED) is 0.0634. The van der Waals surface area contributed by atoms with Crippen LogP contribution in [-0.2, 0) is 19.1 Å². The van der Waals surface area contributed by atoms with E-state index in [0.29, 0.717) is 19.4 Å². The zero-order valence-electron chi connectivity index (χ0n) is 26.7. The molecule has 0 aromatic carbocycles. The second-order valence-corrected chi connectivity index (χ2v) is 11.9. The van der Waals surface area contributed by atoms with Crippen molar-refractivity contribution < 1.29 is 19.1 Å². The molecule has 4 heteroatoms. The highest BCUT2D eigenvalue weighted by molar-refractivity contribution is 5.69. The van der Waals surface area contributed by atoms with E-state index in [-0.39, 0.29) is 18.0 Å². The Morgan fingerprint density at radius 3 is 1.28 bits per heavy atom. The van der Waals surface area contributed by atoms with Gasteiger partial charge in [-0.25, -0.2) is 0 Å². The van der Waals surface area contributed by atoms with E-state index in [1.54, 1.807) is 0 Å². The number of esters is 2. The lowest BCUT2D eigenvalue weighted by Gasteiger charge is -2.13. The molecule has 39 heavy (non-hydrogen) atoms. The van der Waals surface area contributed by atoms with Crippen LogP contribution < -0.4 is 0 Å². The number of carbonyl (C=O) groups is 2. The predicted molar refractivity (Wildman–Crippen MR) is 167 cm³/mol. The van der Waals surface area contributed by atoms with Crippen molar-refractivity contribution in [3.63, 3.8) is 0 Å². The van der Waals surface area contributed by atoms with Crippen LogP contribution in [0.4, 0.5) is 0 Å². The first-order valence-corrected chi connectivity index (χ1v) is 17.4. The van der Waals surface area contributed by atoms with Gasteiger partial charge in [0.25, 0.3) is 0 Å². The van der Waals surface area contributed by atoms with E-state index in [2.05, 4.69) is 13.8 Å². The van der Waals surface area contributed by atoms with E-state index < -0.39 is 0 Å². The molecule has 0 aliphatic rings. The second kappa shape index (κ2) is 31.5. The predicted octanol–water partition coefficient (Wildman–Crippen LogP) is 11.4. The molecule has 1 atom stereocenters. The van der Waals surface area contributed by atoms with Crippen LogP contribution in [-0.4, -0.2) is 24.6 Å². The molecule has 0 rings (SSSR count). The fraction of sp³-hybridized carbons (Fsp3) is 0.943. The molecule has 0 aliphatic heterocycles. The minimum absolute atomic E-state index is 0.0354. The summed E-state index contributed by atoms with van der Waals surface area (Å²) in [5.74, 6) is -0.0773. The molecule has 0 spiro atoms. The van der Waals surface area contributed by atoms with Crippen molar-refractivity contribution in [1.29, 1.82) is 0 Å². The van der Waals surface area contributed by atoms with E-state index in [4.69, 9.17) is 9.47 Å². The van der Waals surface area contributed by atoms with Gasteiger partial charge in [0.15, 0.2) is 0 Å². The highest BCUT2D eigenvalue weighted by atomic mass is 16.5. The smallest absolute Gasteiger partial charge is 0.306 e. The van der Waals surface area contributed by atoms with Gasteiger partial charge >= 0.3 is 11.9 Å². The van der Waals surface area contributed by atoms with Gasteiger partial charge in [0.1, 0.15) is 0 Å². The van der Waals surface area contributed by atoms with Crippen LogP contribution in [0, 0.1) is 0 Å². The zero-order valence-corrected chi connectivity index (χ0v) is 26.7. The highest BCUT2D eigenvalue weighted by Gasteiger charge is 2.09. The molecule has 0 fully saturated rings. The average Bonchev–Trinajstić information content (AvgIpc) is 2.92. The van der Waals surface area contributed by atoms with E-state index in [0.717, 1.165) is 57.8 Å². The average molecular weight is 553 g/mol. The third-order valence-electron chi connectivity index (χ3n) is 7.82. The highest BCUT2D eigenvalue weighted by Crippen LogP contribution is 2.14. The van der Waals surface area contributed by atoms with Gasteiger partial charge in [-0.3, -0.25) is 9.59 Å². The Kier molecular flexibility index (Phi) is 30.6. The Morgan fingerprint density at radius 1 is 0.462 bits per heavy atom. The molecule has 232 valence electrons. The molecule has 0 aromatic rings. The van der Waals surface area contributed by atoms with Crippen molar-refractivity contribution >= 4 is 11.9 Å². The van der Waals surface area contributed by atoms with Crippen LogP contribution >= 0.6 is 0 Å². The fourth-order valence-corrected chi connectivity index (χ4v) is 5.18. The van der Waals surface area contributed by atoms with Crippen molar-refractivity contribution in [2.24, 2.45) is 0 Å². The second-order valence-electron chi connectivity index (χ2n) is 11.9. The summed E-state index contributed by atoms with van der Waals surface area (Å²) in [5.41, 5.74) is 0. The van der Waals surface area contributed by atoms with Crippen LogP contribution in [0.25, 0.3) is 0 Å². The molecule has 1 unspecified atom stereocenters. The summed E-state index contributed by atoms with van der Waals surface area (Å²) < 4.78 is 11.0. The minimum atomic E-state index is -0.0419. The standard InChI is InChI=1S/C35H68O4/c1-4-6-8-10-12-13-14-15-16-17-20-24-28-32-38-34(36)30-26-22-18-19-23-27-31-35(37)39-33(3)29-25-21-11-9-7-5-2/h33H,4-32H2,1-3H3. The van der Waals surface area contributed by atoms with E-state index in [1.165, 1.54) is 109 Å². The zero-order chi connectivity index (χ0) is 28.7. The van der Waals surface area contributed by atoms with Gasteiger partial charge in [-0.1, -0.05) is 149 Å². The molecule has 0 N–H and O–H groups in total. The summed E-state index contributed by atoms with van der Waals surface area (Å²) in [6, 6.07) is 0. The summed E-state index contributed by atoms with van der Waals surface area (Å²) >= 11 is 0. The molecule has 0 amide bonds. The molecule has 0 bridgehead atoms. The van der Waals surface area contributed by atoms with Crippen LogP contribution in [0.5, 0.6) is 0 Å². The van der Waals surface area contributed by atoms with Crippen LogP contribution in [0.3, 0.4) is 0 Å². The lowest BCUT2D eigenvalue weighted by molar-refractivity contribution is -0.148. The normalized spacial score (nSPS) is 12.0. The molecular formula is C35H68O4. The van der Waals surface area contributed by atoms with E-state index >= 15 is 0 Å². The van der Waals surface area contributed by atoms with Gasteiger partial charge in [-0.15, -0.1) is 0 Å². The molecule has 4 nitrogen and oxygen atoms in total. The Hall–Kier alpha value is -1.06. The number of hydrogen-bond donors (Lipinski definition) is 0. The number of carbonyl (C=O) groups excluding carboxylic acids is 2. The van der Waals surface area contributed by atoms with E-state index in [9.17, 15) is 9.59 Å². The monoisotopic (exact) mass is 553 g/mol. The summed E-state index contributed by atoms with van der Waals surface area (Å²) in [6.45, 7) is 7.12. The molecule has 0 aromatic heterocycles. The van der Waals surface area contributed by atoms with Gasteiger partial charge in [-0.05, 0) is 39.0 Å². The van der Waals surface area contributed by atoms with Crippen LogP contribution in [0.2, 0.25) is 0 Å². The maximum Gasteiger partial charge on any atom is 0.306 e. The van der Waals surface area contributed by atoms with Crippen molar-refractivity contribution in [3.05, 3.63) is 0 Å². The molecule has 0 saturated heterocycles. The van der Waals surface area contributed by atoms with Gasteiger partial charge < -0.3 is 9.47 Å². The third-order valence-corrected chi connectivity index (χ3v) is 7.82. The first kappa shape index (κ1) is 37.9. The molecule has 0 saturated carbocycles. The maximum atomic E-state index is 12.0. The molecule has 0 radical (unpaired) electrons. The Bertz CT molecular complexity index is 519. The van der Waals surface area contributed by atoms with Gasteiger partial charge in [0, 0.05) is 12.8 Å². The van der Waals surface area contributed by atoms with Crippen LogP contribution in [0.1, 0.15) is 201 Å². The fourth-order valence-electron chi connectivity index (χ4n) is 5.18. The van der Waals surface area contributed by atoms with Crippen molar-refractivity contribution in [2.75, 3.05) is 6.61 Å². The summed E-state index contributed by atoms with van der Waals surface area (Å²) in [6.07, 6.45) is 33.3. The summed E-state index contributed by atoms with van der Waals surface area (Å²) in [7, 11) is 0. The summed E-state index contributed by atoms with van der Waals surface area (Å²) in [5, 5.41) is 0. The van der Waals surface area contributed by atoms with Crippen molar-refractivity contribution in [3.8, 4) is 0 Å². The molecule has 0 heterocycles. The first-order chi connectivity index (χ1) is 19.1. The lowest BCUT2D eigenvalue weighted by Crippen LogP contribution is -2.14. The largest absolute Gasteiger partial charge is 0.466 e. The van der Waals surface area contributed by atoms with E-state index in [1.807, 2.05) is 6.92 Å². The Morgan fingerprint density at radius 2 is 0.821 bits per heavy atom. The Balaban J connectivity index is 3.32. The third kappa shape index (κ3) is 31.3. The number of hydrogen-bond acceptors (Lipinski definition) is 4.